The second-order valence-electron chi connectivity index (χ2n) is 3.80. The van der Waals surface area contributed by atoms with Crippen LogP contribution in [-0.2, 0) is 0 Å². The maximum absolute atomic E-state index is 4.26. The standard InChI is InChI=1S/C13H15N2/c1-10-4-6-13(7-5-10)15-9-8-14-11(2)12(15)3/h4-9H,1-3H3/q+1. The van der Waals surface area contributed by atoms with Gasteiger partial charge in [0, 0.05) is 19.1 Å². The Morgan fingerprint density at radius 2 is 1.67 bits per heavy atom. The number of aryl methyl sites for hydroxylation is 2. The third kappa shape index (κ3) is 1.89. The zero-order chi connectivity index (χ0) is 10.8. The van der Waals surface area contributed by atoms with Gasteiger partial charge in [-0.3, -0.25) is 0 Å². The molecule has 0 aliphatic rings. The molecule has 15 heavy (non-hydrogen) atoms. The summed E-state index contributed by atoms with van der Waals surface area (Å²) in [6, 6.07) is 8.50. The highest BCUT2D eigenvalue weighted by molar-refractivity contribution is 5.27. The fourth-order valence-electron chi connectivity index (χ4n) is 1.58. The summed E-state index contributed by atoms with van der Waals surface area (Å²) >= 11 is 0. The van der Waals surface area contributed by atoms with Gasteiger partial charge in [-0.1, -0.05) is 17.7 Å². The zero-order valence-electron chi connectivity index (χ0n) is 9.36. The molecule has 0 N–H and O–H groups in total. The van der Waals surface area contributed by atoms with E-state index in [1.165, 1.54) is 16.9 Å². The molecule has 0 saturated carbocycles. The molecule has 2 aromatic rings. The van der Waals surface area contributed by atoms with E-state index in [0.717, 1.165) is 5.69 Å². The van der Waals surface area contributed by atoms with Crippen molar-refractivity contribution in [2.75, 3.05) is 0 Å². The van der Waals surface area contributed by atoms with Crippen molar-refractivity contribution in [1.82, 2.24) is 4.98 Å². The Balaban J connectivity index is 2.54. The van der Waals surface area contributed by atoms with Crippen LogP contribution in [0.2, 0.25) is 0 Å². The van der Waals surface area contributed by atoms with Gasteiger partial charge in [0.05, 0.1) is 6.20 Å². The number of hydrogen-bond donors (Lipinski definition) is 0. The van der Waals surface area contributed by atoms with Gasteiger partial charge in [0.2, 0.25) is 11.4 Å². The predicted molar refractivity (Wildman–Crippen MR) is 60.0 cm³/mol. The summed E-state index contributed by atoms with van der Waals surface area (Å²) in [6.45, 7) is 6.21. The largest absolute Gasteiger partial charge is 0.249 e. The van der Waals surface area contributed by atoms with Gasteiger partial charge in [0.1, 0.15) is 5.69 Å². The Kier molecular flexibility index (Phi) is 2.50. The highest BCUT2D eigenvalue weighted by atomic mass is 15.0. The van der Waals surface area contributed by atoms with Crippen molar-refractivity contribution >= 4 is 0 Å². The number of nitrogens with zero attached hydrogens (tertiary/aromatic N) is 2. The number of benzene rings is 1. The SMILES string of the molecule is Cc1ccc(-[n+]2ccnc(C)c2C)cc1. The predicted octanol–water partition coefficient (Wildman–Crippen LogP) is 2.28. The molecule has 0 unspecified atom stereocenters. The molecule has 0 aliphatic carbocycles. The van der Waals surface area contributed by atoms with Gasteiger partial charge in [-0.2, -0.15) is 4.57 Å². The van der Waals surface area contributed by atoms with E-state index in [1.54, 1.807) is 0 Å². The monoisotopic (exact) mass is 199 g/mol. The molecule has 1 aromatic heterocycles. The van der Waals surface area contributed by atoms with Gasteiger partial charge in [-0.25, -0.2) is 4.98 Å². The van der Waals surface area contributed by atoms with Crippen molar-refractivity contribution in [2.24, 2.45) is 0 Å². The van der Waals surface area contributed by atoms with E-state index >= 15 is 0 Å². The van der Waals surface area contributed by atoms with E-state index in [2.05, 4.69) is 47.7 Å². The molecule has 1 heterocycles. The summed E-state index contributed by atoms with van der Waals surface area (Å²) in [6.07, 6.45) is 3.83. The first-order chi connectivity index (χ1) is 7.18. The van der Waals surface area contributed by atoms with Crippen LogP contribution in [0.25, 0.3) is 5.69 Å². The van der Waals surface area contributed by atoms with E-state index in [9.17, 15) is 0 Å². The molecule has 0 atom stereocenters. The third-order valence-corrected chi connectivity index (χ3v) is 2.68. The quantitative estimate of drug-likeness (QED) is 0.644. The molecule has 2 heteroatoms. The van der Waals surface area contributed by atoms with Crippen LogP contribution in [-0.4, -0.2) is 4.98 Å². The molecular weight excluding hydrogens is 184 g/mol. The lowest BCUT2D eigenvalue weighted by Gasteiger charge is -2.01. The molecule has 0 radical (unpaired) electrons. The molecular formula is C13H15N2+. The fraction of sp³-hybridized carbons (Fsp3) is 0.231. The minimum atomic E-state index is 1.07. The lowest BCUT2D eigenvalue weighted by atomic mass is 10.2. The van der Waals surface area contributed by atoms with Crippen LogP contribution < -0.4 is 4.57 Å². The van der Waals surface area contributed by atoms with Crippen molar-refractivity contribution in [2.45, 2.75) is 20.8 Å². The zero-order valence-corrected chi connectivity index (χ0v) is 9.36. The summed E-state index contributed by atoms with van der Waals surface area (Å²) in [4.78, 5) is 4.26. The Bertz CT molecular complexity index is 472. The maximum Gasteiger partial charge on any atom is 0.210 e. The van der Waals surface area contributed by atoms with Gasteiger partial charge in [-0.15, -0.1) is 0 Å². The van der Waals surface area contributed by atoms with Gasteiger partial charge in [-0.05, 0) is 13.8 Å². The molecule has 0 bridgehead atoms. The Hall–Kier alpha value is -1.70. The average molecular weight is 199 g/mol. The van der Waals surface area contributed by atoms with Crippen LogP contribution in [0.1, 0.15) is 17.0 Å². The lowest BCUT2D eigenvalue weighted by molar-refractivity contribution is -0.603. The summed E-state index contributed by atoms with van der Waals surface area (Å²) in [5.41, 5.74) is 4.71. The third-order valence-electron chi connectivity index (χ3n) is 2.68. The summed E-state index contributed by atoms with van der Waals surface area (Å²) in [5.74, 6) is 0. The highest BCUT2D eigenvalue weighted by Crippen LogP contribution is 2.05. The second-order valence-corrected chi connectivity index (χ2v) is 3.80. The number of rotatable bonds is 1. The van der Waals surface area contributed by atoms with Gasteiger partial charge in [0.15, 0.2) is 6.20 Å². The number of hydrogen-bond acceptors (Lipinski definition) is 1. The summed E-state index contributed by atoms with van der Waals surface area (Å²) in [7, 11) is 0. The van der Waals surface area contributed by atoms with Gasteiger partial charge >= 0.3 is 0 Å². The molecule has 0 fully saturated rings. The molecule has 0 saturated heterocycles. The van der Waals surface area contributed by atoms with E-state index in [-0.39, 0.29) is 0 Å². The first kappa shape index (κ1) is 9.84. The van der Waals surface area contributed by atoms with Crippen LogP contribution in [0.4, 0.5) is 0 Å². The van der Waals surface area contributed by atoms with Gasteiger partial charge in [0.25, 0.3) is 0 Å². The summed E-state index contributed by atoms with van der Waals surface area (Å²) in [5, 5.41) is 0. The van der Waals surface area contributed by atoms with Crippen LogP contribution in [0.5, 0.6) is 0 Å². The number of aromatic nitrogens is 2. The summed E-state index contributed by atoms with van der Waals surface area (Å²) < 4.78 is 2.15. The normalized spacial score (nSPS) is 10.3. The topological polar surface area (TPSA) is 16.8 Å². The molecule has 0 spiro atoms. The molecule has 2 rings (SSSR count). The highest BCUT2D eigenvalue weighted by Gasteiger charge is 2.11. The lowest BCUT2D eigenvalue weighted by Crippen LogP contribution is -2.34. The maximum atomic E-state index is 4.26. The van der Waals surface area contributed by atoms with Crippen LogP contribution >= 0.6 is 0 Å². The Morgan fingerprint density at radius 1 is 1.00 bits per heavy atom. The second kappa shape index (κ2) is 3.81. The first-order valence-electron chi connectivity index (χ1n) is 5.09. The molecule has 0 amide bonds. The van der Waals surface area contributed by atoms with Crippen molar-refractivity contribution in [1.29, 1.82) is 0 Å². The minimum Gasteiger partial charge on any atom is -0.249 e. The fourth-order valence-corrected chi connectivity index (χ4v) is 1.58. The molecule has 0 aliphatic heterocycles. The first-order valence-corrected chi connectivity index (χ1v) is 5.09. The van der Waals surface area contributed by atoms with E-state index in [4.69, 9.17) is 0 Å². The van der Waals surface area contributed by atoms with Crippen LogP contribution in [0.15, 0.2) is 36.7 Å². The van der Waals surface area contributed by atoms with E-state index < -0.39 is 0 Å². The molecule has 2 nitrogen and oxygen atoms in total. The molecule has 76 valence electrons. The van der Waals surface area contributed by atoms with Crippen LogP contribution in [0.3, 0.4) is 0 Å². The van der Waals surface area contributed by atoms with E-state index in [0.29, 0.717) is 0 Å². The van der Waals surface area contributed by atoms with Crippen molar-refractivity contribution in [3.05, 3.63) is 53.6 Å². The average Bonchev–Trinajstić information content (AvgIpc) is 2.24. The molecule has 1 aromatic carbocycles. The van der Waals surface area contributed by atoms with E-state index in [1.807, 2.05) is 19.3 Å². The van der Waals surface area contributed by atoms with Gasteiger partial charge < -0.3 is 0 Å². The Morgan fingerprint density at radius 3 is 2.33 bits per heavy atom. The van der Waals surface area contributed by atoms with Crippen LogP contribution in [0, 0.1) is 20.8 Å². The van der Waals surface area contributed by atoms with Crippen molar-refractivity contribution in [3.8, 4) is 5.69 Å². The van der Waals surface area contributed by atoms with Crippen molar-refractivity contribution in [3.63, 3.8) is 0 Å². The smallest absolute Gasteiger partial charge is 0.210 e. The van der Waals surface area contributed by atoms with Crippen molar-refractivity contribution < 1.29 is 4.57 Å². The Labute approximate surface area is 90.2 Å². The minimum absolute atomic E-state index is 1.07.